The number of piperazine rings is 1. The van der Waals surface area contributed by atoms with Gasteiger partial charge in [-0.1, -0.05) is 19.0 Å². The monoisotopic (exact) mass is 294 g/mol. The van der Waals surface area contributed by atoms with Crippen LogP contribution < -0.4 is 5.32 Å². The van der Waals surface area contributed by atoms with E-state index in [4.69, 9.17) is 4.52 Å². The Bertz CT molecular complexity index is 441. The summed E-state index contributed by atoms with van der Waals surface area (Å²) in [6.45, 7) is 14.9. The Morgan fingerprint density at radius 1 is 1.38 bits per heavy atom. The maximum atomic E-state index is 5.47. The second kappa shape index (κ2) is 6.90. The van der Waals surface area contributed by atoms with Gasteiger partial charge in [-0.05, 0) is 33.4 Å². The van der Waals surface area contributed by atoms with E-state index in [0.717, 1.165) is 50.7 Å². The standard InChI is InChI=1S/C16H30N4O/c1-13(2)9-17-10-14-8-15(21-18-14)11-20-7-6-19(5)16(3,4)12-20/h8,13,17H,6-7,9-12H2,1-5H3. The number of rotatable bonds is 6. The van der Waals surface area contributed by atoms with E-state index in [-0.39, 0.29) is 5.54 Å². The van der Waals surface area contributed by atoms with Crippen LogP contribution in [0.5, 0.6) is 0 Å². The number of aromatic nitrogens is 1. The first-order chi connectivity index (χ1) is 9.87. The molecule has 120 valence electrons. The SMILES string of the molecule is CC(C)CNCc1cc(CN2CCN(C)C(C)(C)C2)on1. The zero-order chi connectivity index (χ0) is 15.5. The van der Waals surface area contributed by atoms with Crippen molar-refractivity contribution < 1.29 is 4.52 Å². The molecule has 0 bridgehead atoms. The lowest BCUT2D eigenvalue weighted by Gasteiger charge is -2.45. The second-order valence-electron chi connectivity index (χ2n) is 7.25. The van der Waals surface area contributed by atoms with Crippen LogP contribution in [0.1, 0.15) is 39.1 Å². The number of hydrogen-bond acceptors (Lipinski definition) is 5. The van der Waals surface area contributed by atoms with E-state index in [1.54, 1.807) is 0 Å². The zero-order valence-electron chi connectivity index (χ0n) is 14.1. The Hall–Kier alpha value is -0.910. The van der Waals surface area contributed by atoms with Crippen molar-refractivity contribution in [3.8, 4) is 0 Å². The number of likely N-dealkylation sites (N-methyl/N-ethyl adjacent to an activating group) is 1. The highest BCUT2D eigenvalue weighted by Crippen LogP contribution is 2.20. The van der Waals surface area contributed by atoms with Gasteiger partial charge in [0.15, 0.2) is 5.76 Å². The van der Waals surface area contributed by atoms with Gasteiger partial charge in [0.05, 0.1) is 12.2 Å². The van der Waals surface area contributed by atoms with Crippen molar-refractivity contribution in [2.45, 2.75) is 46.3 Å². The highest BCUT2D eigenvalue weighted by molar-refractivity contribution is 5.05. The van der Waals surface area contributed by atoms with Crippen molar-refractivity contribution in [1.82, 2.24) is 20.3 Å². The third-order valence-electron chi connectivity index (χ3n) is 4.24. The minimum Gasteiger partial charge on any atom is -0.360 e. The summed E-state index contributed by atoms with van der Waals surface area (Å²) in [5.41, 5.74) is 1.22. The van der Waals surface area contributed by atoms with Crippen molar-refractivity contribution in [1.29, 1.82) is 0 Å². The molecular formula is C16H30N4O. The molecule has 0 saturated carbocycles. The summed E-state index contributed by atoms with van der Waals surface area (Å²) in [7, 11) is 2.20. The molecule has 21 heavy (non-hydrogen) atoms. The van der Waals surface area contributed by atoms with E-state index < -0.39 is 0 Å². The van der Waals surface area contributed by atoms with Gasteiger partial charge >= 0.3 is 0 Å². The number of nitrogens with zero attached hydrogens (tertiary/aromatic N) is 3. The van der Waals surface area contributed by atoms with Gasteiger partial charge in [0.25, 0.3) is 0 Å². The largest absolute Gasteiger partial charge is 0.360 e. The van der Waals surface area contributed by atoms with Crippen molar-refractivity contribution >= 4 is 0 Å². The minimum atomic E-state index is 0.222. The van der Waals surface area contributed by atoms with Crippen molar-refractivity contribution in [2.24, 2.45) is 5.92 Å². The third kappa shape index (κ3) is 4.80. The molecule has 0 amide bonds. The lowest BCUT2D eigenvalue weighted by atomic mass is 10.00. The summed E-state index contributed by atoms with van der Waals surface area (Å²) in [5.74, 6) is 1.63. The van der Waals surface area contributed by atoms with E-state index >= 15 is 0 Å². The van der Waals surface area contributed by atoms with Gasteiger partial charge in [-0.2, -0.15) is 0 Å². The second-order valence-corrected chi connectivity index (χ2v) is 7.25. The van der Waals surface area contributed by atoms with Gasteiger partial charge in [0.1, 0.15) is 0 Å². The molecule has 5 heteroatoms. The predicted octanol–water partition coefficient (Wildman–Crippen LogP) is 1.95. The van der Waals surface area contributed by atoms with Crippen LogP contribution in [0.4, 0.5) is 0 Å². The van der Waals surface area contributed by atoms with Gasteiger partial charge < -0.3 is 9.84 Å². The van der Waals surface area contributed by atoms with Crippen LogP contribution in [-0.2, 0) is 13.1 Å². The van der Waals surface area contributed by atoms with E-state index in [2.05, 4.69) is 61.1 Å². The molecule has 1 aliphatic rings. The van der Waals surface area contributed by atoms with Crippen LogP contribution in [0.25, 0.3) is 0 Å². The molecule has 1 fully saturated rings. The Morgan fingerprint density at radius 2 is 2.14 bits per heavy atom. The zero-order valence-corrected chi connectivity index (χ0v) is 14.1. The first-order valence-corrected chi connectivity index (χ1v) is 7.95. The summed E-state index contributed by atoms with van der Waals surface area (Å²) in [6.07, 6.45) is 0. The first kappa shape index (κ1) is 16.5. The molecule has 1 N–H and O–H groups in total. The Balaban J connectivity index is 1.82. The fraction of sp³-hybridized carbons (Fsp3) is 0.812. The lowest BCUT2D eigenvalue weighted by Crippen LogP contribution is -2.57. The summed E-state index contributed by atoms with van der Waals surface area (Å²) < 4.78 is 5.47. The Morgan fingerprint density at radius 3 is 2.81 bits per heavy atom. The van der Waals surface area contributed by atoms with E-state index in [0.29, 0.717) is 5.92 Å². The molecule has 0 spiro atoms. The van der Waals surface area contributed by atoms with Crippen LogP contribution in [-0.4, -0.2) is 53.7 Å². The molecule has 0 atom stereocenters. The van der Waals surface area contributed by atoms with E-state index in [1.807, 2.05) is 0 Å². The van der Waals surface area contributed by atoms with Crippen LogP contribution in [0.3, 0.4) is 0 Å². The molecule has 0 radical (unpaired) electrons. The maximum absolute atomic E-state index is 5.47. The molecule has 1 aromatic rings. The Kier molecular flexibility index (Phi) is 5.41. The van der Waals surface area contributed by atoms with E-state index in [9.17, 15) is 0 Å². The summed E-state index contributed by atoms with van der Waals surface area (Å²) in [4.78, 5) is 4.87. The highest BCUT2D eigenvalue weighted by Gasteiger charge is 2.31. The van der Waals surface area contributed by atoms with Gasteiger partial charge in [0.2, 0.25) is 0 Å². The molecule has 5 nitrogen and oxygen atoms in total. The summed E-state index contributed by atoms with van der Waals surface area (Å²) >= 11 is 0. The maximum Gasteiger partial charge on any atom is 0.151 e. The van der Waals surface area contributed by atoms with Gasteiger partial charge in [0, 0.05) is 37.8 Å². The minimum absolute atomic E-state index is 0.222. The topological polar surface area (TPSA) is 44.5 Å². The molecule has 1 saturated heterocycles. The number of nitrogens with one attached hydrogen (secondary N) is 1. The average Bonchev–Trinajstić information content (AvgIpc) is 2.81. The highest BCUT2D eigenvalue weighted by atomic mass is 16.5. The molecule has 0 unspecified atom stereocenters. The first-order valence-electron chi connectivity index (χ1n) is 7.95. The molecule has 1 aliphatic heterocycles. The quantitative estimate of drug-likeness (QED) is 0.869. The summed E-state index contributed by atoms with van der Waals surface area (Å²) in [5, 5.41) is 7.55. The van der Waals surface area contributed by atoms with Gasteiger partial charge in [-0.25, -0.2) is 0 Å². The van der Waals surface area contributed by atoms with Crippen LogP contribution in [0, 0.1) is 5.92 Å². The molecule has 2 heterocycles. The van der Waals surface area contributed by atoms with Gasteiger partial charge in [-0.15, -0.1) is 0 Å². The van der Waals surface area contributed by atoms with Crippen LogP contribution in [0.2, 0.25) is 0 Å². The normalized spacial score (nSPS) is 20.3. The molecule has 1 aromatic heterocycles. The molecule has 0 aromatic carbocycles. The van der Waals surface area contributed by atoms with Crippen molar-refractivity contribution in [3.05, 3.63) is 17.5 Å². The molecular weight excluding hydrogens is 264 g/mol. The van der Waals surface area contributed by atoms with E-state index in [1.165, 1.54) is 0 Å². The molecule has 0 aliphatic carbocycles. The van der Waals surface area contributed by atoms with Crippen LogP contribution >= 0.6 is 0 Å². The summed E-state index contributed by atoms with van der Waals surface area (Å²) in [6, 6.07) is 2.08. The number of hydrogen-bond donors (Lipinski definition) is 1. The average molecular weight is 294 g/mol. The van der Waals surface area contributed by atoms with Gasteiger partial charge in [-0.3, -0.25) is 9.80 Å². The van der Waals surface area contributed by atoms with Crippen LogP contribution in [0.15, 0.2) is 10.6 Å². The third-order valence-corrected chi connectivity index (χ3v) is 4.24. The molecule has 2 rings (SSSR count). The fourth-order valence-electron chi connectivity index (χ4n) is 2.70. The fourth-order valence-corrected chi connectivity index (χ4v) is 2.70. The lowest BCUT2D eigenvalue weighted by molar-refractivity contribution is 0.0319. The predicted molar refractivity (Wildman–Crippen MR) is 85.0 cm³/mol. The Labute approximate surface area is 128 Å². The smallest absolute Gasteiger partial charge is 0.151 e. The van der Waals surface area contributed by atoms with Crippen molar-refractivity contribution in [3.63, 3.8) is 0 Å². The van der Waals surface area contributed by atoms with Crippen molar-refractivity contribution in [2.75, 3.05) is 33.2 Å².